The maximum atomic E-state index is 5.14. The minimum Gasteiger partial charge on any atom is -0.309 e. The second kappa shape index (κ2) is 11.2. The normalized spacial score (nSPS) is 11.8. The van der Waals surface area contributed by atoms with E-state index in [4.69, 9.17) is 9.97 Å². The van der Waals surface area contributed by atoms with E-state index in [1.807, 2.05) is 12.1 Å². The number of para-hydroxylation sites is 3. The lowest BCUT2D eigenvalue weighted by molar-refractivity contribution is 1.16. The van der Waals surface area contributed by atoms with Crippen LogP contribution in [0.25, 0.3) is 99.3 Å². The van der Waals surface area contributed by atoms with Crippen LogP contribution in [0.4, 0.5) is 0 Å². The van der Waals surface area contributed by atoms with Crippen LogP contribution in [0.3, 0.4) is 0 Å². The zero-order chi connectivity index (χ0) is 34.2. The molecule has 3 heterocycles. The average molecular weight is 663 g/mol. The fourth-order valence-corrected chi connectivity index (χ4v) is 8.16. The zero-order valence-corrected chi connectivity index (χ0v) is 28.1. The molecule has 0 saturated carbocycles. The standard InChI is InChI=1S/C48H30N4/c1-3-14-32(15-4-1)47-38-20-9-11-21-41(38)49-48(50-47)33-23-26-35(27-24-33)52-43-28-25-31-13-7-8-18-36(31)46(43)40-29-39-37-19-10-12-22-42(37)51(44(39)30-45(40)52)34-16-5-2-6-17-34/h1-30H. The molecule has 4 nitrogen and oxygen atoms in total. The van der Waals surface area contributed by atoms with E-state index in [1.165, 1.54) is 54.4 Å². The van der Waals surface area contributed by atoms with E-state index < -0.39 is 0 Å². The van der Waals surface area contributed by atoms with Crippen molar-refractivity contribution >= 4 is 65.3 Å². The van der Waals surface area contributed by atoms with Crippen molar-refractivity contribution in [2.75, 3.05) is 0 Å². The van der Waals surface area contributed by atoms with Gasteiger partial charge in [0.1, 0.15) is 0 Å². The molecule has 11 aromatic rings. The van der Waals surface area contributed by atoms with Crippen molar-refractivity contribution in [2.24, 2.45) is 0 Å². The molecule has 0 bridgehead atoms. The van der Waals surface area contributed by atoms with Gasteiger partial charge in [0.15, 0.2) is 5.82 Å². The minimum absolute atomic E-state index is 0.714. The van der Waals surface area contributed by atoms with Crippen LogP contribution < -0.4 is 0 Å². The van der Waals surface area contributed by atoms with Gasteiger partial charge >= 0.3 is 0 Å². The van der Waals surface area contributed by atoms with Gasteiger partial charge in [-0.2, -0.15) is 0 Å². The second-order valence-electron chi connectivity index (χ2n) is 13.4. The first kappa shape index (κ1) is 28.8. The Bertz CT molecular complexity index is 3160. The van der Waals surface area contributed by atoms with Crippen LogP contribution in [0.5, 0.6) is 0 Å². The number of aromatic nitrogens is 4. The highest BCUT2D eigenvalue weighted by molar-refractivity contribution is 6.25. The first-order chi connectivity index (χ1) is 25.8. The van der Waals surface area contributed by atoms with Gasteiger partial charge in [0.2, 0.25) is 0 Å². The molecule has 0 aliphatic heterocycles. The molecular formula is C48H30N4. The van der Waals surface area contributed by atoms with E-state index in [0.717, 1.165) is 39.1 Å². The number of hydrogen-bond acceptors (Lipinski definition) is 2. The molecule has 0 unspecified atom stereocenters. The molecule has 0 fully saturated rings. The largest absolute Gasteiger partial charge is 0.309 e. The Hall–Kier alpha value is -7.04. The molecular weight excluding hydrogens is 633 g/mol. The lowest BCUT2D eigenvalue weighted by Crippen LogP contribution is -1.97. The molecule has 11 rings (SSSR count). The molecule has 0 spiro atoms. The highest BCUT2D eigenvalue weighted by Gasteiger charge is 2.20. The van der Waals surface area contributed by atoms with Gasteiger partial charge in [-0.3, -0.25) is 0 Å². The third-order valence-electron chi connectivity index (χ3n) is 10.5. The molecule has 0 radical (unpaired) electrons. The van der Waals surface area contributed by atoms with Crippen molar-refractivity contribution in [2.45, 2.75) is 0 Å². The van der Waals surface area contributed by atoms with Gasteiger partial charge in [0.25, 0.3) is 0 Å². The van der Waals surface area contributed by atoms with Crippen LogP contribution in [0.15, 0.2) is 182 Å². The van der Waals surface area contributed by atoms with Crippen molar-refractivity contribution in [1.82, 2.24) is 19.1 Å². The smallest absolute Gasteiger partial charge is 0.160 e. The summed E-state index contributed by atoms with van der Waals surface area (Å²) in [4.78, 5) is 10.2. The quantitative estimate of drug-likeness (QED) is 0.188. The summed E-state index contributed by atoms with van der Waals surface area (Å²) < 4.78 is 4.82. The fourth-order valence-electron chi connectivity index (χ4n) is 8.16. The lowest BCUT2D eigenvalue weighted by Gasteiger charge is -2.12. The molecule has 0 aliphatic rings. The van der Waals surface area contributed by atoms with Crippen LogP contribution in [-0.2, 0) is 0 Å². The highest BCUT2D eigenvalue weighted by atomic mass is 15.0. The van der Waals surface area contributed by atoms with Crippen LogP contribution in [0.1, 0.15) is 0 Å². The fraction of sp³-hybridized carbons (Fsp3) is 0. The van der Waals surface area contributed by atoms with Crippen LogP contribution in [0, 0.1) is 0 Å². The van der Waals surface area contributed by atoms with E-state index in [9.17, 15) is 0 Å². The monoisotopic (exact) mass is 662 g/mol. The summed E-state index contributed by atoms with van der Waals surface area (Å²) in [6.07, 6.45) is 0. The van der Waals surface area contributed by atoms with Gasteiger partial charge in [-0.05, 0) is 77.5 Å². The summed E-state index contributed by atoms with van der Waals surface area (Å²) in [5.41, 5.74) is 10.9. The van der Waals surface area contributed by atoms with E-state index >= 15 is 0 Å². The Kier molecular flexibility index (Phi) is 6.22. The maximum Gasteiger partial charge on any atom is 0.160 e. The topological polar surface area (TPSA) is 35.6 Å². The summed E-state index contributed by atoms with van der Waals surface area (Å²) in [6, 6.07) is 64.9. The summed E-state index contributed by atoms with van der Waals surface area (Å²) in [5, 5.41) is 8.54. The number of hydrogen-bond donors (Lipinski definition) is 0. The molecule has 0 saturated heterocycles. The predicted octanol–water partition coefficient (Wildman–Crippen LogP) is 12.3. The van der Waals surface area contributed by atoms with Gasteiger partial charge in [-0.25, -0.2) is 9.97 Å². The van der Waals surface area contributed by atoms with Crippen LogP contribution in [0.2, 0.25) is 0 Å². The van der Waals surface area contributed by atoms with Gasteiger partial charge in [0.05, 0.1) is 33.3 Å². The van der Waals surface area contributed by atoms with Crippen molar-refractivity contribution in [3.05, 3.63) is 182 Å². The Morgan fingerprint density at radius 1 is 0.346 bits per heavy atom. The molecule has 3 aromatic heterocycles. The number of rotatable bonds is 4. The summed E-state index contributed by atoms with van der Waals surface area (Å²) in [5.74, 6) is 0.714. The van der Waals surface area contributed by atoms with Gasteiger partial charge in [0, 0.05) is 49.4 Å². The van der Waals surface area contributed by atoms with Crippen molar-refractivity contribution in [3.8, 4) is 34.0 Å². The average Bonchev–Trinajstić information content (AvgIpc) is 3.72. The van der Waals surface area contributed by atoms with E-state index in [0.29, 0.717) is 5.82 Å². The zero-order valence-electron chi connectivity index (χ0n) is 28.1. The minimum atomic E-state index is 0.714. The van der Waals surface area contributed by atoms with Crippen LogP contribution >= 0.6 is 0 Å². The first-order valence-electron chi connectivity index (χ1n) is 17.7. The Morgan fingerprint density at radius 3 is 1.81 bits per heavy atom. The van der Waals surface area contributed by atoms with Crippen molar-refractivity contribution in [3.63, 3.8) is 0 Å². The van der Waals surface area contributed by atoms with E-state index in [-0.39, 0.29) is 0 Å². The molecule has 0 aliphatic carbocycles. The van der Waals surface area contributed by atoms with Gasteiger partial charge in [-0.15, -0.1) is 0 Å². The summed E-state index contributed by atoms with van der Waals surface area (Å²) in [6.45, 7) is 0. The summed E-state index contributed by atoms with van der Waals surface area (Å²) >= 11 is 0. The third-order valence-corrected chi connectivity index (χ3v) is 10.5. The van der Waals surface area contributed by atoms with Gasteiger partial charge < -0.3 is 9.13 Å². The second-order valence-corrected chi connectivity index (χ2v) is 13.4. The number of benzene rings is 8. The number of fused-ring (bicyclic) bond motifs is 9. The molecule has 0 N–H and O–H groups in total. The lowest BCUT2D eigenvalue weighted by atomic mass is 10.0. The SMILES string of the molecule is c1ccc(-c2nc(-c3ccc(-n4c5cc6c(cc5c5c7ccccc7ccc54)c4ccccc4n6-c4ccccc4)cc3)nc3ccccc23)cc1. The molecule has 8 aromatic carbocycles. The summed E-state index contributed by atoms with van der Waals surface area (Å²) in [7, 11) is 0. The van der Waals surface area contributed by atoms with E-state index in [1.54, 1.807) is 0 Å². The Morgan fingerprint density at radius 2 is 0.981 bits per heavy atom. The molecule has 52 heavy (non-hydrogen) atoms. The van der Waals surface area contributed by atoms with Gasteiger partial charge in [-0.1, -0.05) is 115 Å². The van der Waals surface area contributed by atoms with Crippen molar-refractivity contribution in [1.29, 1.82) is 0 Å². The third kappa shape index (κ3) is 4.28. The molecule has 0 atom stereocenters. The van der Waals surface area contributed by atoms with E-state index in [2.05, 4.69) is 179 Å². The molecule has 242 valence electrons. The number of nitrogens with zero attached hydrogens (tertiary/aromatic N) is 4. The van der Waals surface area contributed by atoms with Crippen LogP contribution in [-0.4, -0.2) is 19.1 Å². The molecule has 4 heteroatoms. The first-order valence-corrected chi connectivity index (χ1v) is 17.7. The molecule has 0 amide bonds. The van der Waals surface area contributed by atoms with Crippen molar-refractivity contribution < 1.29 is 0 Å². The predicted molar refractivity (Wildman–Crippen MR) is 217 cm³/mol. The Labute approximate surface area is 299 Å². The highest BCUT2D eigenvalue weighted by Crippen LogP contribution is 2.42. The maximum absolute atomic E-state index is 5.14. The Balaban J connectivity index is 1.17.